The molecule has 1 unspecified atom stereocenters. The maximum atomic E-state index is 6.31. The molecule has 3 rings (SSSR count). The molecule has 0 spiro atoms. The average Bonchev–Trinajstić information content (AvgIpc) is 2.88. The zero-order valence-corrected chi connectivity index (χ0v) is 12.2. The Morgan fingerprint density at radius 3 is 2.74 bits per heavy atom. The van der Waals surface area contributed by atoms with Gasteiger partial charge in [0.15, 0.2) is 0 Å². The van der Waals surface area contributed by atoms with Gasteiger partial charge in [0.2, 0.25) is 0 Å². The fourth-order valence-corrected chi connectivity index (χ4v) is 2.69. The summed E-state index contributed by atoms with van der Waals surface area (Å²) < 4.78 is 6.62. The third kappa shape index (κ3) is 2.82. The van der Waals surface area contributed by atoms with Crippen molar-refractivity contribution in [2.24, 2.45) is 5.73 Å². The average molecular weight is 318 g/mol. The summed E-state index contributed by atoms with van der Waals surface area (Å²) in [6.07, 6.45) is 1.85. The van der Waals surface area contributed by atoms with E-state index >= 15 is 0 Å². The van der Waals surface area contributed by atoms with E-state index < -0.39 is 0 Å². The Kier molecular flexibility index (Phi) is 3.58. The monoisotopic (exact) mass is 317 g/mol. The molecule has 1 aliphatic heterocycles. The van der Waals surface area contributed by atoms with Gasteiger partial charge >= 0.3 is 0 Å². The third-order valence-electron chi connectivity index (χ3n) is 3.51. The van der Waals surface area contributed by atoms with E-state index in [9.17, 15) is 0 Å². The summed E-state index contributed by atoms with van der Waals surface area (Å²) in [7, 11) is 0. The molecule has 2 nitrogen and oxygen atoms in total. The fourth-order valence-electron chi connectivity index (χ4n) is 2.43. The SMILES string of the molecule is NC(Cc1ccc(Br)cc1)c1ccc2c(c1)CCO2. The third-order valence-corrected chi connectivity index (χ3v) is 4.04. The summed E-state index contributed by atoms with van der Waals surface area (Å²) in [6.45, 7) is 0.792. The number of fused-ring (bicyclic) bond motifs is 1. The Balaban J connectivity index is 1.76. The zero-order valence-electron chi connectivity index (χ0n) is 10.6. The lowest BCUT2D eigenvalue weighted by atomic mass is 9.97. The Hall–Kier alpha value is -1.32. The first-order valence-corrected chi connectivity index (χ1v) is 7.27. The van der Waals surface area contributed by atoms with Crippen LogP contribution in [0.4, 0.5) is 0 Å². The lowest BCUT2D eigenvalue weighted by Crippen LogP contribution is -2.13. The van der Waals surface area contributed by atoms with Gasteiger partial charge in [-0.3, -0.25) is 0 Å². The number of halogens is 1. The smallest absolute Gasteiger partial charge is 0.122 e. The van der Waals surface area contributed by atoms with E-state index in [2.05, 4.69) is 52.3 Å². The number of ether oxygens (including phenoxy) is 1. The van der Waals surface area contributed by atoms with Crippen molar-refractivity contribution in [3.8, 4) is 5.75 Å². The molecule has 3 heteroatoms. The molecule has 1 atom stereocenters. The van der Waals surface area contributed by atoms with Crippen molar-refractivity contribution >= 4 is 15.9 Å². The Labute approximate surface area is 121 Å². The van der Waals surface area contributed by atoms with Crippen molar-refractivity contribution in [1.29, 1.82) is 0 Å². The van der Waals surface area contributed by atoms with Gasteiger partial charge in [-0.1, -0.05) is 40.2 Å². The van der Waals surface area contributed by atoms with E-state index in [1.807, 2.05) is 6.07 Å². The van der Waals surface area contributed by atoms with Crippen LogP contribution < -0.4 is 10.5 Å². The van der Waals surface area contributed by atoms with E-state index in [1.165, 1.54) is 16.7 Å². The van der Waals surface area contributed by atoms with Gasteiger partial charge in [0.25, 0.3) is 0 Å². The van der Waals surface area contributed by atoms with E-state index in [1.54, 1.807) is 0 Å². The summed E-state index contributed by atoms with van der Waals surface area (Å²) in [5.74, 6) is 1.01. The van der Waals surface area contributed by atoms with Crippen LogP contribution in [0.1, 0.15) is 22.7 Å². The molecule has 19 heavy (non-hydrogen) atoms. The molecule has 1 heterocycles. The fraction of sp³-hybridized carbons (Fsp3) is 0.250. The van der Waals surface area contributed by atoms with E-state index in [0.717, 1.165) is 29.7 Å². The standard InChI is InChI=1S/C16H16BrNO/c17-14-4-1-11(2-5-14)9-15(18)12-3-6-16-13(10-12)7-8-19-16/h1-6,10,15H,7-9,18H2. The lowest BCUT2D eigenvalue weighted by molar-refractivity contribution is 0.357. The number of hydrogen-bond acceptors (Lipinski definition) is 2. The second-order valence-corrected chi connectivity index (χ2v) is 5.82. The maximum Gasteiger partial charge on any atom is 0.122 e. The van der Waals surface area contributed by atoms with Gasteiger partial charge in [0, 0.05) is 16.9 Å². The zero-order chi connectivity index (χ0) is 13.2. The van der Waals surface area contributed by atoms with Gasteiger partial charge in [-0.15, -0.1) is 0 Å². The summed E-state index contributed by atoms with van der Waals surface area (Å²) in [5, 5.41) is 0. The molecule has 0 radical (unpaired) electrons. The van der Waals surface area contributed by atoms with Crippen LogP contribution in [-0.4, -0.2) is 6.61 Å². The first-order chi connectivity index (χ1) is 9.22. The predicted octanol–water partition coefficient (Wildman–Crippen LogP) is 3.63. The van der Waals surface area contributed by atoms with Crippen LogP contribution in [0.15, 0.2) is 46.9 Å². The largest absolute Gasteiger partial charge is 0.493 e. The van der Waals surface area contributed by atoms with Crippen LogP contribution >= 0.6 is 15.9 Å². The first-order valence-electron chi connectivity index (χ1n) is 6.48. The summed E-state index contributed by atoms with van der Waals surface area (Å²) >= 11 is 3.45. The van der Waals surface area contributed by atoms with Crippen LogP contribution in [0.3, 0.4) is 0 Å². The molecule has 1 aliphatic rings. The number of hydrogen-bond donors (Lipinski definition) is 1. The highest BCUT2D eigenvalue weighted by Gasteiger charge is 2.15. The van der Waals surface area contributed by atoms with Gasteiger partial charge in [-0.2, -0.15) is 0 Å². The molecule has 2 aromatic rings. The van der Waals surface area contributed by atoms with Gasteiger partial charge in [-0.05, 0) is 41.3 Å². The van der Waals surface area contributed by atoms with Crippen LogP contribution in [0, 0.1) is 0 Å². The topological polar surface area (TPSA) is 35.2 Å². The van der Waals surface area contributed by atoms with Crippen molar-refractivity contribution in [3.63, 3.8) is 0 Å². The minimum Gasteiger partial charge on any atom is -0.493 e. The highest BCUT2D eigenvalue weighted by Crippen LogP contribution is 2.28. The van der Waals surface area contributed by atoms with Crippen LogP contribution in [0.5, 0.6) is 5.75 Å². The van der Waals surface area contributed by atoms with Gasteiger partial charge < -0.3 is 10.5 Å². The maximum absolute atomic E-state index is 6.31. The van der Waals surface area contributed by atoms with E-state index in [0.29, 0.717) is 0 Å². The molecule has 2 N–H and O–H groups in total. The summed E-state index contributed by atoms with van der Waals surface area (Å²) in [5.41, 5.74) is 10.0. The minimum absolute atomic E-state index is 0.0343. The second kappa shape index (κ2) is 5.35. The molecule has 98 valence electrons. The molecule has 2 aromatic carbocycles. The Morgan fingerprint density at radius 2 is 1.95 bits per heavy atom. The molecule has 0 saturated carbocycles. The molecule has 0 fully saturated rings. The highest BCUT2D eigenvalue weighted by molar-refractivity contribution is 9.10. The molecular formula is C16H16BrNO. The number of benzene rings is 2. The molecule has 0 aliphatic carbocycles. The molecular weight excluding hydrogens is 302 g/mol. The molecule has 0 amide bonds. The van der Waals surface area contributed by atoms with Crippen LogP contribution in [-0.2, 0) is 12.8 Å². The van der Waals surface area contributed by atoms with Crippen molar-refractivity contribution in [3.05, 3.63) is 63.6 Å². The summed E-state index contributed by atoms with van der Waals surface area (Å²) in [6, 6.07) is 14.7. The number of nitrogens with two attached hydrogens (primary N) is 1. The highest BCUT2D eigenvalue weighted by atomic mass is 79.9. The van der Waals surface area contributed by atoms with Gasteiger partial charge in [0.1, 0.15) is 5.75 Å². The minimum atomic E-state index is 0.0343. The molecule has 0 aromatic heterocycles. The second-order valence-electron chi connectivity index (χ2n) is 4.90. The first kappa shape index (κ1) is 12.7. The van der Waals surface area contributed by atoms with Crippen LogP contribution in [0.2, 0.25) is 0 Å². The van der Waals surface area contributed by atoms with Crippen molar-refractivity contribution < 1.29 is 4.74 Å². The molecule has 0 saturated heterocycles. The van der Waals surface area contributed by atoms with Gasteiger partial charge in [0.05, 0.1) is 6.61 Å². The van der Waals surface area contributed by atoms with Crippen molar-refractivity contribution in [2.75, 3.05) is 6.61 Å². The quantitative estimate of drug-likeness (QED) is 0.938. The predicted molar refractivity (Wildman–Crippen MR) is 80.4 cm³/mol. The normalized spacial score (nSPS) is 14.8. The number of rotatable bonds is 3. The lowest BCUT2D eigenvalue weighted by Gasteiger charge is -2.13. The van der Waals surface area contributed by atoms with E-state index in [4.69, 9.17) is 10.5 Å². The van der Waals surface area contributed by atoms with Crippen molar-refractivity contribution in [2.45, 2.75) is 18.9 Å². The Morgan fingerprint density at radius 1 is 1.16 bits per heavy atom. The molecule has 0 bridgehead atoms. The Bertz CT molecular complexity index is 580. The van der Waals surface area contributed by atoms with E-state index in [-0.39, 0.29) is 6.04 Å². The summed E-state index contributed by atoms with van der Waals surface area (Å²) in [4.78, 5) is 0. The van der Waals surface area contributed by atoms with Gasteiger partial charge in [-0.25, -0.2) is 0 Å². The van der Waals surface area contributed by atoms with Crippen molar-refractivity contribution in [1.82, 2.24) is 0 Å². The van der Waals surface area contributed by atoms with Crippen LogP contribution in [0.25, 0.3) is 0 Å².